The maximum Gasteiger partial charge on any atom is 0.0184 e. The first-order valence-corrected chi connectivity index (χ1v) is 6.62. The van der Waals surface area contributed by atoms with Gasteiger partial charge in [-0.15, -0.1) is 0 Å². The summed E-state index contributed by atoms with van der Waals surface area (Å²) in [4.78, 5) is 0. The van der Waals surface area contributed by atoms with Crippen LogP contribution in [-0.2, 0) is 5.75 Å². The molecule has 1 aromatic carbocycles. The van der Waals surface area contributed by atoms with Crippen molar-refractivity contribution in [1.29, 1.82) is 0 Å². The van der Waals surface area contributed by atoms with E-state index in [0.29, 0.717) is 0 Å². The van der Waals surface area contributed by atoms with Gasteiger partial charge in [0.15, 0.2) is 0 Å². The van der Waals surface area contributed by atoms with Crippen molar-refractivity contribution in [3.05, 3.63) is 35.9 Å². The normalized spacial score (nSPS) is 9.07. The molecule has 1 heteroatoms. The topological polar surface area (TPSA) is 0 Å². The Morgan fingerprint density at radius 1 is 1.00 bits per heavy atom. The summed E-state index contributed by atoms with van der Waals surface area (Å²) >= 11 is 2.01. The minimum Gasteiger partial charge on any atom is -0.157 e. The SMILES string of the molecule is CCC.CCCSCc1ccccc1. The molecule has 0 aliphatic carbocycles. The zero-order valence-corrected chi connectivity index (χ0v) is 10.4. The van der Waals surface area contributed by atoms with Crippen LogP contribution in [0.2, 0.25) is 0 Å². The van der Waals surface area contributed by atoms with E-state index in [1.165, 1.54) is 24.2 Å². The van der Waals surface area contributed by atoms with E-state index in [9.17, 15) is 0 Å². The molecule has 1 aromatic rings. The van der Waals surface area contributed by atoms with Crippen LogP contribution >= 0.6 is 11.8 Å². The molecule has 0 radical (unpaired) electrons. The van der Waals surface area contributed by atoms with Gasteiger partial charge in [0.2, 0.25) is 0 Å². The summed E-state index contributed by atoms with van der Waals surface area (Å²) in [5, 5.41) is 0. The molecule has 0 spiro atoms. The van der Waals surface area contributed by atoms with Crippen molar-refractivity contribution in [2.45, 2.75) is 39.4 Å². The standard InChI is InChI=1S/C10H14S.C3H8/c1-2-8-11-9-10-6-4-3-5-7-10;1-3-2/h3-7H,2,8-9H2,1H3;3H2,1-2H3. The van der Waals surface area contributed by atoms with Crippen molar-refractivity contribution in [3.63, 3.8) is 0 Å². The molecule has 0 bridgehead atoms. The van der Waals surface area contributed by atoms with E-state index < -0.39 is 0 Å². The van der Waals surface area contributed by atoms with Crippen molar-refractivity contribution >= 4 is 11.8 Å². The zero-order chi connectivity index (χ0) is 10.6. The Kier molecular flexibility index (Phi) is 10.3. The van der Waals surface area contributed by atoms with Gasteiger partial charge < -0.3 is 0 Å². The Balaban J connectivity index is 0.000000500. The van der Waals surface area contributed by atoms with Crippen LogP contribution in [0.5, 0.6) is 0 Å². The van der Waals surface area contributed by atoms with Gasteiger partial charge >= 0.3 is 0 Å². The first-order chi connectivity index (χ1) is 6.85. The van der Waals surface area contributed by atoms with Crippen LogP contribution in [0.3, 0.4) is 0 Å². The average Bonchev–Trinajstić information content (AvgIpc) is 2.21. The molecular formula is C13H22S. The first-order valence-electron chi connectivity index (χ1n) is 5.46. The van der Waals surface area contributed by atoms with Crippen molar-refractivity contribution in [2.24, 2.45) is 0 Å². The predicted molar refractivity (Wildman–Crippen MR) is 68.9 cm³/mol. The lowest BCUT2D eigenvalue weighted by Gasteiger charge is -1.98. The maximum atomic E-state index is 2.22. The third-order valence-electron chi connectivity index (χ3n) is 1.46. The first kappa shape index (κ1) is 13.6. The Morgan fingerprint density at radius 2 is 1.57 bits per heavy atom. The van der Waals surface area contributed by atoms with E-state index in [1.54, 1.807) is 0 Å². The maximum absolute atomic E-state index is 2.22. The molecular weight excluding hydrogens is 188 g/mol. The van der Waals surface area contributed by atoms with Crippen molar-refractivity contribution < 1.29 is 0 Å². The number of thioether (sulfide) groups is 1. The van der Waals surface area contributed by atoms with E-state index in [1.807, 2.05) is 11.8 Å². The molecule has 0 unspecified atom stereocenters. The highest BCUT2D eigenvalue weighted by Gasteiger charge is 1.89. The molecule has 0 nitrogen and oxygen atoms in total. The molecule has 0 amide bonds. The van der Waals surface area contributed by atoms with Gasteiger partial charge in [-0.05, 0) is 17.7 Å². The second-order valence-corrected chi connectivity index (χ2v) is 4.35. The molecule has 80 valence electrons. The fourth-order valence-electron chi connectivity index (χ4n) is 0.909. The van der Waals surface area contributed by atoms with Gasteiger partial charge in [0, 0.05) is 5.75 Å². The third-order valence-corrected chi connectivity index (χ3v) is 2.69. The molecule has 0 aliphatic heterocycles. The lowest BCUT2D eigenvalue weighted by molar-refractivity contribution is 1.09. The molecule has 0 atom stereocenters. The summed E-state index contributed by atoms with van der Waals surface area (Å²) in [5.41, 5.74) is 1.44. The number of rotatable bonds is 4. The average molecular weight is 210 g/mol. The van der Waals surface area contributed by atoms with Crippen LogP contribution in [0.25, 0.3) is 0 Å². The van der Waals surface area contributed by atoms with E-state index in [0.717, 1.165) is 5.75 Å². The lowest BCUT2D eigenvalue weighted by atomic mass is 10.2. The van der Waals surface area contributed by atoms with Crippen LogP contribution in [0.4, 0.5) is 0 Å². The van der Waals surface area contributed by atoms with Crippen LogP contribution in [0.1, 0.15) is 39.2 Å². The lowest BCUT2D eigenvalue weighted by Crippen LogP contribution is -1.80. The van der Waals surface area contributed by atoms with Crippen LogP contribution in [-0.4, -0.2) is 5.75 Å². The third kappa shape index (κ3) is 8.18. The molecule has 0 aromatic heterocycles. The second-order valence-electron chi connectivity index (χ2n) is 3.25. The molecule has 1 rings (SSSR count). The van der Waals surface area contributed by atoms with Gasteiger partial charge in [-0.2, -0.15) is 11.8 Å². The predicted octanol–water partition coefficient (Wildman–Crippen LogP) is 4.75. The van der Waals surface area contributed by atoms with Crippen molar-refractivity contribution in [2.75, 3.05) is 5.75 Å². The van der Waals surface area contributed by atoms with E-state index in [2.05, 4.69) is 51.1 Å². The Morgan fingerprint density at radius 3 is 2.07 bits per heavy atom. The highest BCUT2D eigenvalue weighted by molar-refractivity contribution is 7.98. The van der Waals surface area contributed by atoms with Crippen LogP contribution in [0.15, 0.2) is 30.3 Å². The largest absolute Gasteiger partial charge is 0.157 e. The number of hydrogen-bond donors (Lipinski definition) is 0. The Labute approximate surface area is 93.1 Å². The van der Waals surface area contributed by atoms with E-state index in [-0.39, 0.29) is 0 Å². The number of benzene rings is 1. The Hall–Kier alpha value is -0.430. The van der Waals surface area contributed by atoms with Gasteiger partial charge in [-0.1, -0.05) is 57.5 Å². The highest BCUT2D eigenvalue weighted by atomic mass is 32.2. The van der Waals surface area contributed by atoms with E-state index in [4.69, 9.17) is 0 Å². The quantitative estimate of drug-likeness (QED) is 0.646. The van der Waals surface area contributed by atoms with Crippen molar-refractivity contribution in [3.8, 4) is 0 Å². The monoisotopic (exact) mass is 210 g/mol. The fourth-order valence-corrected chi connectivity index (χ4v) is 1.77. The highest BCUT2D eigenvalue weighted by Crippen LogP contribution is 2.11. The molecule has 0 aliphatic rings. The summed E-state index contributed by atoms with van der Waals surface area (Å²) in [6.07, 6.45) is 2.53. The molecule has 0 heterocycles. The van der Waals surface area contributed by atoms with Gasteiger partial charge in [-0.25, -0.2) is 0 Å². The molecule has 0 saturated heterocycles. The minimum absolute atomic E-state index is 1.16. The smallest absolute Gasteiger partial charge is 0.0184 e. The molecule has 0 N–H and O–H groups in total. The van der Waals surface area contributed by atoms with Gasteiger partial charge in [0.25, 0.3) is 0 Å². The summed E-state index contributed by atoms with van der Waals surface area (Å²) in [5.74, 6) is 2.43. The molecule has 0 fully saturated rings. The summed E-state index contributed by atoms with van der Waals surface area (Å²) in [7, 11) is 0. The van der Waals surface area contributed by atoms with Gasteiger partial charge in [0.1, 0.15) is 0 Å². The second kappa shape index (κ2) is 10.6. The van der Waals surface area contributed by atoms with E-state index >= 15 is 0 Å². The van der Waals surface area contributed by atoms with Crippen molar-refractivity contribution in [1.82, 2.24) is 0 Å². The summed E-state index contributed by atoms with van der Waals surface area (Å²) in [6.45, 7) is 6.47. The molecule has 14 heavy (non-hydrogen) atoms. The number of hydrogen-bond acceptors (Lipinski definition) is 1. The Bertz CT molecular complexity index is 194. The van der Waals surface area contributed by atoms with Crippen LogP contribution < -0.4 is 0 Å². The van der Waals surface area contributed by atoms with Crippen LogP contribution in [0, 0.1) is 0 Å². The minimum atomic E-state index is 1.16. The van der Waals surface area contributed by atoms with Gasteiger partial charge in [0.05, 0.1) is 0 Å². The molecule has 0 saturated carbocycles. The fraction of sp³-hybridized carbons (Fsp3) is 0.538. The summed E-state index contributed by atoms with van der Waals surface area (Å²) < 4.78 is 0. The summed E-state index contributed by atoms with van der Waals surface area (Å²) in [6, 6.07) is 10.6. The zero-order valence-electron chi connectivity index (χ0n) is 9.62. The van der Waals surface area contributed by atoms with Gasteiger partial charge in [-0.3, -0.25) is 0 Å².